The van der Waals surface area contributed by atoms with Crippen LogP contribution in [-0.2, 0) is 13.5 Å². The Morgan fingerprint density at radius 3 is 2.93 bits per heavy atom. The molecule has 0 radical (unpaired) electrons. The average molecular weight is 264 g/mol. The number of rotatable bonds is 0. The van der Waals surface area contributed by atoms with Gasteiger partial charge in [0.25, 0.3) is 0 Å². The molecule has 0 saturated carbocycles. The number of hydrogen-bond donors (Lipinski definition) is 0. The van der Waals surface area contributed by atoms with Gasteiger partial charge in [-0.05, 0) is 28.4 Å². The van der Waals surface area contributed by atoms with Gasteiger partial charge in [0, 0.05) is 34.6 Å². The number of ketones is 1. The monoisotopic (exact) mass is 263 g/mol. The summed E-state index contributed by atoms with van der Waals surface area (Å²) in [5, 5.41) is 1.09. The van der Waals surface area contributed by atoms with Crippen LogP contribution in [0.3, 0.4) is 0 Å². The summed E-state index contributed by atoms with van der Waals surface area (Å²) in [6, 6.07) is 6.03. The van der Waals surface area contributed by atoms with E-state index in [1.54, 1.807) is 0 Å². The molecule has 0 N–H and O–H groups in total. The van der Waals surface area contributed by atoms with E-state index in [1.807, 2.05) is 25.2 Å². The number of aromatic nitrogens is 1. The van der Waals surface area contributed by atoms with Crippen molar-refractivity contribution in [1.82, 2.24) is 4.57 Å². The number of Topliss-reactive ketones (excluding diaryl/α,β-unsaturated/α-hetero) is 1. The molecule has 1 aromatic carbocycles. The van der Waals surface area contributed by atoms with E-state index in [2.05, 4.69) is 20.5 Å². The maximum absolute atomic E-state index is 11.8. The van der Waals surface area contributed by atoms with Crippen LogP contribution in [0, 0.1) is 0 Å². The van der Waals surface area contributed by atoms with E-state index in [-0.39, 0.29) is 5.78 Å². The lowest BCUT2D eigenvalue weighted by atomic mass is 10.1. The summed E-state index contributed by atoms with van der Waals surface area (Å²) < 4.78 is 3.20. The molecule has 1 aliphatic rings. The fourth-order valence-electron chi connectivity index (χ4n) is 2.48. The molecule has 0 aliphatic heterocycles. The van der Waals surface area contributed by atoms with Crippen molar-refractivity contribution in [2.45, 2.75) is 12.8 Å². The molecule has 0 spiro atoms. The maximum atomic E-state index is 11.8. The third-order valence-electron chi connectivity index (χ3n) is 3.15. The zero-order valence-corrected chi connectivity index (χ0v) is 9.97. The molecule has 1 aromatic heterocycles. The number of hydrogen-bond acceptors (Lipinski definition) is 1. The molecule has 3 rings (SSSR count). The van der Waals surface area contributed by atoms with Gasteiger partial charge in [0.05, 0.1) is 5.52 Å². The van der Waals surface area contributed by atoms with Crippen molar-refractivity contribution in [2.75, 3.05) is 0 Å². The first-order chi connectivity index (χ1) is 7.20. The van der Waals surface area contributed by atoms with Crippen molar-refractivity contribution < 1.29 is 4.79 Å². The minimum absolute atomic E-state index is 0.286. The Bertz CT molecular complexity index is 583. The molecule has 0 amide bonds. The van der Waals surface area contributed by atoms with Gasteiger partial charge in [0.2, 0.25) is 0 Å². The Morgan fingerprint density at radius 2 is 2.13 bits per heavy atom. The molecule has 1 heterocycles. The number of halogens is 1. The molecule has 76 valence electrons. The van der Waals surface area contributed by atoms with E-state index >= 15 is 0 Å². The topological polar surface area (TPSA) is 22.0 Å². The number of carbonyl (C=O) groups excluding carboxylic acids is 1. The van der Waals surface area contributed by atoms with Gasteiger partial charge in [-0.1, -0.05) is 12.1 Å². The lowest BCUT2D eigenvalue weighted by molar-refractivity contribution is 0.0996. The Labute approximate surface area is 96.0 Å². The number of carbonyl (C=O) groups is 1. The molecular formula is C12H10BrNO. The fourth-order valence-corrected chi connectivity index (χ4v) is 3.11. The molecule has 0 saturated heterocycles. The van der Waals surface area contributed by atoms with E-state index in [0.29, 0.717) is 6.42 Å². The fraction of sp³-hybridized carbons (Fsp3) is 0.250. The number of benzene rings is 1. The second-order valence-electron chi connectivity index (χ2n) is 3.94. The summed E-state index contributed by atoms with van der Waals surface area (Å²) in [6.45, 7) is 0. The molecule has 3 heteroatoms. The third kappa shape index (κ3) is 1.07. The van der Waals surface area contributed by atoms with E-state index < -0.39 is 0 Å². The van der Waals surface area contributed by atoms with Crippen LogP contribution in [0.5, 0.6) is 0 Å². The predicted molar refractivity (Wildman–Crippen MR) is 63.3 cm³/mol. The van der Waals surface area contributed by atoms with E-state index in [4.69, 9.17) is 0 Å². The van der Waals surface area contributed by atoms with Crippen LogP contribution >= 0.6 is 15.9 Å². The van der Waals surface area contributed by atoms with Gasteiger partial charge in [0.1, 0.15) is 0 Å². The van der Waals surface area contributed by atoms with Crippen LogP contribution < -0.4 is 0 Å². The molecule has 15 heavy (non-hydrogen) atoms. The van der Waals surface area contributed by atoms with Crippen LogP contribution in [0.15, 0.2) is 22.7 Å². The van der Waals surface area contributed by atoms with Gasteiger partial charge in [-0.3, -0.25) is 4.79 Å². The highest BCUT2D eigenvalue weighted by atomic mass is 79.9. The van der Waals surface area contributed by atoms with Crippen molar-refractivity contribution in [3.05, 3.63) is 33.9 Å². The van der Waals surface area contributed by atoms with Gasteiger partial charge < -0.3 is 4.57 Å². The third-order valence-corrected chi connectivity index (χ3v) is 3.79. The number of nitrogens with zero attached hydrogens (tertiary/aromatic N) is 1. The molecular weight excluding hydrogens is 254 g/mol. The molecule has 2 aromatic rings. The highest BCUT2D eigenvalue weighted by Crippen LogP contribution is 2.35. The summed E-state index contributed by atoms with van der Waals surface area (Å²) in [5.41, 5.74) is 3.26. The first-order valence-corrected chi connectivity index (χ1v) is 5.78. The van der Waals surface area contributed by atoms with Gasteiger partial charge in [0.15, 0.2) is 5.78 Å². The second kappa shape index (κ2) is 2.95. The minimum atomic E-state index is 0.286. The van der Waals surface area contributed by atoms with Crippen LogP contribution in [0.2, 0.25) is 0 Å². The number of para-hydroxylation sites is 1. The van der Waals surface area contributed by atoms with Gasteiger partial charge in [-0.15, -0.1) is 0 Å². The smallest absolute Gasteiger partial charge is 0.165 e. The van der Waals surface area contributed by atoms with Crippen LogP contribution in [0.25, 0.3) is 10.9 Å². The van der Waals surface area contributed by atoms with E-state index in [0.717, 1.165) is 27.4 Å². The zero-order chi connectivity index (χ0) is 10.6. The quantitative estimate of drug-likeness (QED) is 0.716. The summed E-state index contributed by atoms with van der Waals surface area (Å²) >= 11 is 3.54. The van der Waals surface area contributed by atoms with Crippen molar-refractivity contribution in [3.63, 3.8) is 0 Å². The minimum Gasteiger partial charge on any atom is -0.346 e. The summed E-state index contributed by atoms with van der Waals surface area (Å²) in [4.78, 5) is 11.8. The first-order valence-electron chi connectivity index (χ1n) is 4.99. The van der Waals surface area contributed by atoms with Crippen LogP contribution in [-0.4, -0.2) is 10.4 Å². The zero-order valence-electron chi connectivity index (χ0n) is 8.38. The molecule has 1 aliphatic carbocycles. The molecule has 0 atom stereocenters. The summed E-state index contributed by atoms with van der Waals surface area (Å²) in [7, 11) is 2.03. The largest absolute Gasteiger partial charge is 0.346 e. The molecule has 0 unspecified atom stereocenters. The standard InChI is InChI=1S/C12H10BrNO/c1-14-9-5-6-10(15)11(9)7-3-2-4-8(13)12(7)14/h2-4H,5-6H2,1H3. The van der Waals surface area contributed by atoms with Gasteiger partial charge >= 0.3 is 0 Å². The summed E-state index contributed by atoms with van der Waals surface area (Å²) in [5.74, 6) is 0.286. The Morgan fingerprint density at radius 1 is 1.33 bits per heavy atom. The Kier molecular flexibility index (Phi) is 1.80. The number of aryl methyl sites for hydroxylation is 1. The van der Waals surface area contributed by atoms with Gasteiger partial charge in [-0.2, -0.15) is 0 Å². The summed E-state index contributed by atoms with van der Waals surface area (Å²) in [6.07, 6.45) is 1.55. The lowest BCUT2D eigenvalue weighted by Crippen LogP contribution is -1.93. The molecule has 2 nitrogen and oxygen atoms in total. The lowest BCUT2D eigenvalue weighted by Gasteiger charge is -2.02. The van der Waals surface area contributed by atoms with Crippen molar-refractivity contribution in [1.29, 1.82) is 0 Å². The average Bonchev–Trinajstić information content (AvgIpc) is 2.70. The van der Waals surface area contributed by atoms with E-state index in [9.17, 15) is 4.79 Å². The number of fused-ring (bicyclic) bond motifs is 3. The highest BCUT2D eigenvalue weighted by Gasteiger charge is 2.27. The SMILES string of the molecule is Cn1c2c(c3cccc(Br)c31)C(=O)CC2. The predicted octanol–water partition coefficient (Wildman–Crippen LogP) is 3.07. The van der Waals surface area contributed by atoms with E-state index in [1.165, 1.54) is 5.69 Å². The Balaban J connectivity index is 2.54. The first kappa shape index (κ1) is 9.16. The highest BCUT2D eigenvalue weighted by molar-refractivity contribution is 9.10. The second-order valence-corrected chi connectivity index (χ2v) is 4.79. The van der Waals surface area contributed by atoms with Crippen LogP contribution in [0.4, 0.5) is 0 Å². The molecule has 0 bridgehead atoms. The van der Waals surface area contributed by atoms with Gasteiger partial charge in [-0.25, -0.2) is 0 Å². The van der Waals surface area contributed by atoms with Crippen molar-refractivity contribution in [3.8, 4) is 0 Å². The van der Waals surface area contributed by atoms with Crippen molar-refractivity contribution >= 4 is 32.6 Å². The van der Waals surface area contributed by atoms with Crippen LogP contribution in [0.1, 0.15) is 22.5 Å². The van der Waals surface area contributed by atoms with Crippen molar-refractivity contribution in [2.24, 2.45) is 7.05 Å². The normalized spacial score (nSPS) is 14.9. The Hall–Kier alpha value is -1.09. The molecule has 0 fully saturated rings. The maximum Gasteiger partial charge on any atom is 0.165 e.